The second-order valence-electron chi connectivity index (χ2n) is 12.7. The zero-order valence-electron chi connectivity index (χ0n) is 27.6. The maximum absolute atomic E-state index is 6.04. The quantitative estimate of drug-likeness (QED) is 0.102. The Kier molecular flexibility index (Phi) is 13.1. The smallest absolute Gasteiger partial charge is 0.142 e. The Labute approximate surface area is 276 Å². The number of hydrogen-bond acceptors (Lipinski definition) is 1. The van der Waals surface area contributed by atoms with Gasteiger partial charge in [-0.3, -0.25) is 0 Å². The van der Waals surface area contributed by atoms with Gasteiger partial charge in [0.15, 0.2) is 0 Å². The Hall–Kier alpha value is -3.64. The summed E-state index contributed by atoms with van der Waals surface area (Å²) in [4.78, 5) is 0. The molecule has 1 unspecified atom stereocenters. The van der Waals surface area contributed by atoms with E-state index in [-0.39, 0.29) is 8.85 Å². The molecule has 0 saturated carbocycles. The van der Waals surface area contributed by atoms with E-state index in [1.54, 1.807) is 16.7 Å². The van der Waals surface area contributed by atoms with E-state index in [0.717, 1.165) is 61.2 Å². The Morgan fingerprint density at radius 1 is 1.04 bits per heavy atom. The number of aryl methyl sites for hydroxylation is 2. The summed E-state index contributed by atoms with van der Waals surface area (Å²) >= 11 is 0. The molecule has 0 bridgehead atoms. The summed E-state index contributed by atoms with van der Waals surface area (Å²) in [5.74, 6) is 15.8. The van der Waals surface area contributed by atoms with Gasteiger partial charge in [-0.2, -0.15) is 0 Å². The van der Waals surface area contributed by atoms with Crippen LogP contribution in [0.5, 0.6) is 0 Å². The molecule has 0 aliphatic heterocycles. The van der Waals surface area contributed by atoms with Gasteiger partial charge in [0.05, 0.1) is 5.57 Å². The standard InChI is InChI=1S/C43H50O.CH4.H2/c1-5-8-10-17-33(16-6-2)25-26-38-28-39(43-27-24-32(4)44-43)23-15-22-36-30-41(35(7-3)29-40(36)38)42-31-37(42)21-14-13-20-34-18-11-9-12-19-34;;/h15,18,24,27-30,33H,6-7,9-14,16-17,19-22,31H2,1-4H3;1H4;1H/b38-28-;;. The van der Waals surface area contributed by atoms with Crippen molar-refractivity contribution >= 4 is 16.7 Å². The summed E-state index contributed by atoms with van der Waals surface area (Å²) in [7, 11) is 0. The van der Waals surface area contributed by atoms with Gasteiger partial charge in [0.2, 0.25) is 0 Å². The second kappa shape index (κ2) is 17.2. The topological polar surface area (TPSA) is 13.1 Å². The van der Waals surface area contributed by atoms with E-state index in [2.05, 4.69) is 73.6 Å². The molecule has 1 heteroatoms. The minimum absolute atomic E-state index is 0. The molecule has 1 aromatic heterocycles. The number of unbranched alkanes of at least 4 members (excludes halogenated alkanes) is 1. The van der Waals surface area contributed by atoms with Crippen molar-refractivity contribution in [2.75, 3.05) is 0 Å². The predicted octanol–water partition coefficient (Wildman–Crippen LogP) is 12.7. The van der Waals surface area contributed by atoms with Crippen molar-refractivity contribution < 1.29 is 5.84 Å². The second-order valence-corrected chi connectivity index (χ2v) is 12.7. The molecule has 1 aromatic carbocycles. The molecule has 1 heterocycles. The summed E-state index contributed by atoms with van der Waals surface area (Å²) in [6, 6.07) is 9.01. The lowest BCUT2D eigenvalue weighted by Gasteiger charge is -2.16. The van der Waals surface area contributed by atoms with Crippen molar-refractivity contribution in [3.05, 3.63) is 93.1 Å². The molecule has 3 aliphatic carbocycles. The van der Waals surface area contributed by atoms with Gasteiger partial charge >= 0.3 is 0 Å². The first-order valence-electron chi connectivity index (χ1n) is 17.3. The van der Waals surface area contributed by atoms with Crippen molar-refractivity contribution in [3.8, 4) is 23.7 Å². The molecule has 238 valence electrons. The molecule has 45 heavy (non-hydrogen) atoms. The highest BCUT2D eigenvalue weighted by Crippen LogP contribution is 2.46. The SMILES string of the molecule is C.CC#CCCC(C#C/C1=C/C(c2ccc(C)o2)=C=CCc2cc(C3=C(CCCCC4=CCCCC4)C3)c(CC)cc21)CCC.[HH]. The molecule has 0 fully saturated rings. The van der Waals surface area contributed by atoms with Gasteiger partial charge in [-0.25, -0.2) is 0 Å². The van der Waals surface area contributed by atoms with Crippen LogP contribution in [0.4, 0.5) is 0 Å². The summed E-state index contributed by atoms with van der Waals surface area (Å²) < 4.78 is 6.04. The lowest BCUT2D eigenvalue weighted by Crippen LogP contribution is -2.01. The lowest BCUT2D eigenvalue weighted by molar-refractivity contribution is 0.522. The van der Waals surface area contributed by atoms with E-state index < -0.39 is 0 Å². The maximum Gasteiger partial charge on any atom is 0.142 e. The van der Waals surface area contributed by atoms with Crippen LogP contribution in [-0.4, -0.2) is 0 Å². The van der Waals surface area contributed by atoms with Crippen molar-refractivity contribution in [1.82, 2.24) is 0 Å². The molecular weight excluding hydrogens is 544 g/mol. The first-order valence-corrected chi connectivity index (χ1v) is 17.3. The molecule has 0 spiro atoms. The molecule has 0 saturated heterocycles. The van der Waals surface area contributed by atoms with Crippen LogP contribution in [0.15, 0.2) is 63.8 Å². The van der Waals surface area contributed by atoms with E-state index in [4.69, 9.17) is 4.42 Å². The average Bonchev–Trinajstić information content (AvgIpc) is 3.68. The van der Waals surface area contributed by atoms with Crippen LogP contribution in [0.2, 0.25) is 0 Å². The van der Waals surface area contributed by atoms with Crippen LogP contribution in [0.1, 0.15) is 147 Å². The number of hydrogen-bond donors (Lipinski definition) is 0. The number of benzene rings is 1. The lowest BCUT2D eigenvalue weighted by atomic mass is 9.88. The van der Waals surface area contributed by atoms with Gasteiger partial charge in [-0.05, 0) is 155 Å². The van der Waals surface area contributed by atoms with Crippen LogP contribution in [0.3, 0.4) is 0 Å². The van der Waals surface area contributed by atoms with Gasteiger partial charge in [0, 0.05) is 19.3 Å². The Balaban J connectivity index is 0.00000288. The van der Waals surface area contributed by atoms with Crippen LogP contribution in [0, 0.1) is 36.5 Å². The highest BCUT2D eigenvalue weighted by Gasteiger charge is 2.26. The van der Waals surface area contributed by atoms with Crippen molar-refractivity contribution in [3.63, 3.8) is 0 Å². The monoisotopic (exact) mass is 600 g/mol. The Bertz CT molecular complexity index is 1620. The molecule has 0 N–H and O–H groups in total. The van der Waals surface area contributed by atoms with E-state index in [9.17, 15) is 0 Å². The van der Waals surface area contributed by atoms with Crippen molar-refractivity contribution in [2.24, 2.45) is 5.92 Å². The fraction of sp³-hybridized carbons (Fsp3) is 0.477. The average molecular weight is 601 g/mol. The maximum atomic E-state index is 6.04. The minimum Gasteiger partial charge on any atom is -0.461 e. The van der Waals surface area contributed by atoms with Crippen molar-refractivity contribution in [2.45, 2.75) is 131 Å². The third-order valence-corrected chi connectivity index (χ3v) is 9.35. The zero-order chi connectivity index (χ0) is 30.7. The minimum atomic E-state index is 0. The molecule has 3 aliphatic rings. The first-order chi connectivity index (χ1) is 21.6. The first kappa shape index (κ1) is 34.2. The normalized spacial score (nSPS) is 17.1. The fourth-order valence-corrected chi connectivity index (χ4v) is 6.75. The molecular formula is C44H56O. The van der Waals surface area contributed by atoms with Gasteiger partial charge in [0.25, 0.3) is 0 Å². The number of allylic oxidation sites excluding steroid dienone is 7. The molecule has 2 aromatic rings. The third kappa shape index (κ3) is 9.43. The third-order valence-electron chi connectivity index (χ3n) is 9.35. The summed E-state index contributed by atoms with van der Waals surface area (Å²) in [5.41, 5.74) is 16.1. The van der Waals surface area contributed by atoms with Gasteiger partial charge in [-0.1, -0.05) is 62.8 Å². The fourth-order valence-electron chi connectivity index (χ4n) is 6.75. The summed E-state index contributed by atoms with van der Waals surface area (Å²) in [6.45, 7) is 8.46. The van der Waals surface area contributed by atoms with E-state index in [1.165, 1.54) is 80.0 Å². The Morgan fingerprint density at radius 3 is 2.64 bits per heavy atom. The van der Waals surface area contributed by atoms with Gasteiger partial charge in [0.1, 0.15) is 11.5 Å². The van der Waals surface area contributed by atoms with Crippen LogP contribution >= 0.6 is 0 Å². The molecule has 0 amide bonds. The van der Waals surface area contributed by atoms with E-state index in [1.807, 2.05) is 26.0 Å². The zero-order valence-corrected chi connectivity index (χ0v) is 27.6. The highest BCUT2D eigenvalue weighted by atomic mass is 16.3. The van der Waals surface area contributed by atoms with Crippen LogP contribution in [0.25, 0.3) is 16.7 Å². The predicted molar refractivity (Wildman–Crippen MR) is 197 cm³/mol. The van der Waals surface area contributed by atoms with Gasteiger partial charge < -0.3 is 4.42 Å². The summed E-state index contributed by atoms with van der Waals surface area (Å²) in [5, 5.41) is 0. The molecule has 1 nitrogen and oxygen atoms in total. The Morgan fingerprint density at radius 2 is 1.91 bits per heavy atom. The van der Waals surface area contributed by atoms with Crippen molar-refractivity contribution in [1.29, 1.82) is 0 Å². The van der Waals surface area contributed by atoms with Crippen LogP contribution < -0.4 is 0 Å². The number of furan rings is 1. The van der Waals surface area contributed by atoms with Gasteiger partial charge in [-0.15, -0.1) is 17.6 Å². The molecule has 5 rings (SSSR count). The summed E-state index contributed by atoms with van der Waals surface area (Å²) in [6.07, 6.45) is 24.7. The van der Waals surface area contributed by atoms with Crippen LogP contribution in [-0.2, 0) is 12.8 Å². The number of fused-ring (bicyclic) bond motifs is 1. The van der Waals surface area contributed by atoms with E-state index >= 15 is 0 Å². The largest absolute Gasteiger partial charge is 0.461 e. The molecule has 1 atom stereocenters. The number of rotatable bonds is 12. The van der Waals surface area contributed by atoms with E-state index in [0.29, 0.717) is 5.92 Å². The highest BCUT2D eigenvalue weighted by molar-refractivity contribution is 5.92. The molecule has 0 radical (unpaired) electrons.